The molecule has 2 aromatic carbocycles. The van der Waals surface area contributed by atoms with Crippen LogP contribution in [0.1, 0.15) is 50.1 Å². The molecular weight excluding hydrogens is 392 g/mol. The Kier molecular flexibility index (Phi) is 8.04. The molecule has 0 fully saturated rings. The van der Waals surface area contributed by atoms with E-state index < -0.39 is 12.1 Å². The van der Waals surface area contributed by atoms with Crippen LogP contribution in [0.2, 0.25) is 0 Å². The summed E-state index contributed by atoms with van der Waals surface area (Å²) >= 11 is 0. The number of anilines is 1. The highest BCUT2D eigenvalue weighted by molar-refractivity contribution is 5.67. The van der Waals surface area contributed by atoms with Gasteiger partial charge in [0.2, 0.25) is 11.7 Å². The highest BCUT2D eigenvalue weighted by Crippen LogP contribution is 2.24. The molecule has 0 aliphatic heterocycles. The predicted molar refractivity (Wildman–Crippen MR) is 121 cm³/mol. The fourth-order valence-corrected chi connectivity index (χ4v) is 3.17. The van der Waals surface area contributed by atoms with Gasteiger partial charge in [-0.1, -0.05) is 61.7 Å². The number of amides is 1. The molecular formula is C24H30N4O3. The number of nitrogens with zero attached hydrogens (tertiary/aromatic N) is 3. The number of hydrogen-bond donors (Lipinski definition) is 1. The van der Waals surface area contributed by atoms with Gasteiger partial charge in [0.05, 0.1) is 0 Å². The average Bonchev–Trinajstić information content (AvgIpc) is 3.28. The zero-order valence-corrected chi connectivity index (χ0v) is 18.4. The van der Waals surface area contributed by atoms with Crippen LogP contribution in [-0.2, 0) is 11.3 Å². The quantitative estimate of drug-likeness (QED) is 0.444. The van der Waals surface area contributed by atoms with Crippen molar-refractivity contribution in [2.24, 2.45) is 0 Å². The smallest absolute Gasteiger partial charge is 0.408 e. The summed E-state index contributed by atoms with van der Waals surface area (Å²) in [5.74, 6) is 0.889. The van der Waals surface area contributed by atoms with Gasteiger partial charge in [-0.15, -0.1) is 0 Å². The van der Waals surface area contributed by atoms with Crippen molar-refractivity contribution in [1.29, 1.82) is 0 Å². The van der Waals surface area contributed by atoms with Crippen molar-refractivity contribution >= 4 is 11.8 Å². The maximum absolute atomic E-state index is 12.4. The van der Waals surface area contributed by atoms with Gasteiger partial charge in [0.15, 0.2) is 0 Å². The molecule has 3 aromatic rings. The summed E-state index contributed by atoms with van der Waals surface area (Å²) in [6.07, 6.45) is 3.29. The number of ether oxygens (including phenoxy) is 1. The van der Waals surface area contributed by atoms with Gasteiger partial charge in [0.1, 0.15) is 12.6 Å². The van der Waals surface area contributed by atoms with E-state index in [4.69, 9.17) is 9.26 Å². The highest BCUT2D eigenvalue weighted by atomic mass is 16.5. The van der Waals surface area contributed by atoms with Crippen molar-refractivity contribution in [2.75, 3.05) is 19.0 Å². The van der Waals surface area contributed by atoms with Crippen molar-refractivity contribution < 1.29 is 14.1 Å². The predicted octanol–water partition coefficient (Wildman–Crippen LogP) is 5.35. The Morgan fingerprint density at radius 2 is 1.84 bits per heavy atom. The lowest BCUT2D eigenvalue weighted by atomic mass is 10.1. The van der Waals surface area contributed by atoms with E-state index in [-0.39, 0.29) is 6.61 Å². The van der Waals surface area contributed by atoms with E-state index in [1.807, 2.05) is 73.6 Å². The number of nitrogens with one attached hydrogen (secondary N) is 1. The second kappa shape index (κ2) is 11.2. The molecule has 0 aliphatic rings. The van der Waals surface area contributed by atoms with Crippen LogP contribution >= 0.6 is 0 Å². The van der Waals surface area contributed by atoms with Crippen LogP contribution in [0.5, 0.6) is 0 Å². The van der Waals surface area contributed by atoms with E-state index >= 15 is 0 Å². The third kappa shape index (κ3) is 6.57. The molecule has 1 heterocycles. The Morgan fingerprint density at radius 3 is 2.52 bits per heavy atom. The minimum absolute atomic E-state index is 0.210. The molecule has 164 valence electrons. The number of rotatable bonds is 10. The van der Waals surface area contributed by atoms with Crippen LogP contribution in [0.25, 0.3) is 11.4 Å². The monoisotopic (exact) mass is 422 g/mol. The summed E-state index contributed by atoms with van der Waals surface area (Å²) in [6, 6.07) is 17.1. The van der Waals surface area contributed by atoms with Gasteiger partial charge in [0.25, 0.3) is 0 Å². The average molecular weight is 423 g/mol. The molecule has 0 unspecified atom stereocenters. The molecule has 1 amide bonds. The minimum atomic E-state index is -0.500. The van der Waals surface area contributed by atoms with Crippen molar-refractivity contribution in [3.05, 3.63) is 66.1 Å². The van der Waals surface area contributed by atoms with Crippen molar-refractivity contribution in [1.82, 2.24) is 15.5 Å². The molecule has 0 aliphatic carbocycles. The van der Waals surface area contributed by atoms with Gasteiger partial charge >= 0.3 is 6.09 Å². The van der Waals surface area contributed by atoms with Gasteiger partial charge < -0.3 is 19.5 Å². The summed E-state index contributed by atoms with van der Waals surface area (Å²) in [4.78, 5) is 19.0. The van der Waals surface area contributed by atoms with Gasteiger partial charge in [-0.25, -0.2) is 4.79 Å². The normalized spacial score (nSPS) is 11.7. The second-order valence-corrected chi connectivity index (χ2v) is 7.65. The molecule has 0 saturated carbocycles. The number of hydrogen-bond acceptors (Lipinski definition) is 6. The Bertz CT molecular complexity index is 939. The number of alkyl carbamates (subject to hydrolysis) is 1. The summed E-state index contributed by atoms with van der Waals surface area (Å²) in [6.45, 7) is 2.35. The van der Waals surface area contributed by atoms with Gasteiger partial charge in [0, 0.05) is 25.3 Å². The maximum atomic E-state index is 12.4. The van der Waals surface area contributed by atoms with Crippen LogP contribution in [-0.4, -0.2) is 30.3 Å². The molecule has 0 bridgehead atoms. The third-order valence-corrected chi connectivity index (χ3v) is 4.98. The fourth-order valence-electron chi connectivity index (χ4n) is 3.17. The van der Waals surface area contributed by atoms with Crippen LogP contribution in [0, 0.1) is 0 Å². The standard InChI is InChI=1S/C24H30N4O3/c1-4-5-7-12-21(25-24(29)30-17-18-10-8-6-9-11-18)23-26-22(27-31-23)19-13-15-20(16-14-19)28(2)3/h6,8-11,13-16,21H,4-5,7,12,17H2,1-3H3,(H,25,29)/t21-/m0/s1. The van der Waals surface area contributed by atoms with Crippen molar-refractivity contribution in [3.63, 3.8) is 0 Å². The number of carbonyl (C=O) groups excluding carboxylic acids is 1. The lowest BCUT2D eigenvalue weighted by Gasteiger charge is -2.15. The second-order valence-electron chi connectivity index (χ2n) is 7.65. The number of benzene rings is 2. The molecule has 0 radical (unpaired) electrons. The van der Waals surface area contributed by atoms with E-state index in [9.17, 15) is 4.79 Å². The first-order valence-electron chi connectivity index (χ1n) is 10.7. The van der Waals surface area contributed by atoms with Gasteiger partial charge in [-0.3, -0.25) is 0 Å². The zero-order valence-electron chi connectivity index (χ0n) is 18.4. The molecule has 1 N–H and O–H groups in total. The van der Waals surface area contributed by atoms with E-state index in [2.05, 4.69) is 22.4 Å². The van der Waals surface area contributed by atoms with Crippen LogP contribution in [0.3, 0.4) is 0 Å². The first-order valence-corrected chi connectivity index (χ1v) is 10.7. The van der Waals surface area contributed by atoms with Gasteiger partial charge in [-0.05, 0) is 36.2 Å². The van der Waals surface area contributed by atoms with Crippen molar-refractivity contribution in [2.45, 2.75) is 45.3 Å². The molecule has 31 heavy (non-hydrogen) atoms. The van der Waals surface area contributed by atoms with E-state index in [1.165, 1.54) is 0 Å². The Balaban J connectivity index is 1.67. The Labute approximate surface area is 183 Å². The Hall–Kier alpha value is -3.35. The maximum Gasteiger partial charge on any atom is 0.408 e. The summed E-state index contributed by atoms with van der Waals surface area (Å²) in [5, 5.41) is 7.01. The molecule has 0 saturated heterocycles. The molecule has 7 nitrogen and oxygen atoms in total. The third-order valence-electron chi connectivity index (χ3n) is 4.98. The Morgan fingerprint density at radius 1 is 1.10 bits per heavy atom. The van der Waals surface area contributed by atoms with E-state index in [0.717, 1.165) is 36.1 Å². The number of aromatic nitrogens is 2. The minimum Gasteiger partial charge on any atom is -0.445 e. The van der Waals surface area contributed by atoms with Crippen LogP contribution in [0.4, 0.5) is 10.5 Å². The van der Waals surface area contributed by atoms with Gasteiger partial charge in [-0.2, -0.15) is 4.98 Å². The molecule has 0 spiro atoms. The van der Waals surface area contributed by atoms with E-state index in [1.54, 1.807) is 0 Å². The topological polar surface area (TPSA) is 80.5 Å². The number of unbranched alkanes of at least 4 members (excludes halogenated alkanes) is 2. The summed E-state index contributed by atoms with van der Waals surface area (Å²) in [5.41, 5.74) is 2.88. The van der Waals surface area contributed by atoms with Crippen molar-refractivity contribution in [3.8, 4) is 11.4 Å². The first kappa shape index (κ1) is 22.3. The molecule has 1 aromatic heterocycles. The molecule has 7 heteroatoms. The lowest BCUT2D eigenvalue weighted by molar-refractivity contribution is 0.132. The van der Waals surface area contributed by atoms with Crippen LogP contribution < -0.4 is 10.2 Å². The first-order chi connectivity index (χ1) is 15.1. The molecule has 1 atom stereocenters. The van der Waals surface area contributed by atoms with E-state index in [0.29, 0.717) is 18.1 Å². The fraction of sp³-hybridized carbons (Fsp3) is 0.375. The zero-order chi connectivity index (χ0) is 22.1. The highest BCUT2D eigenvalue weighted by Gasteiger charge is 2.22. The largest absolute Gasteiger partial charge is 0.445 e. The SMILES string of the molecule is CCCCC[C@H](NC(=O)OCc1ccccc1)c1nc(-c2ccc(N(C)C)cc2)no1. The lowest BCUT2D eigenvalue weighted by Crippen LogP contribution is -2.29. The van der Waals surface area contributed by atoms with Crippen LogP contribution in [0.15, 0.2) is 59.1 Å². The number of carbonyl (C=O) groups is 1. The summed E-state index contributed by atoms with van der Waals surface area (Å²) in [7, 11) is 3.98. The summed E-state index contributed by atoms with van der Waals surface area (Å²) < 4.78 is 10.9. The molecule has 3 rings (SSSR count).